The maximum Gasteiger partial charge on any atom is 0.315 e. The van der Waals surface area contributed by atoms with E-state index in [0.717, 1.165) is 11.2 Å². The molecule has 0 amide bonds. The number of imidazole rings is 1. The van der Waals surface area contributed by atoms with Gasteiger partial charge in [-0.2, -0.15) is 10.2 Å². The van der Waals surface area contributed by atoms with Gasteiger partial charge in [-0.15, -0.1) is 0 Å². The second-order valence-electron chi connectivity index (χ2n) is 4.45. The van der Waals surface area contributed by atoms with Gasteiger partial charge in [-0.25, -0.2) is 4.57 Å². The molecule has 0 radical (unpaired) electrons. The van der Waals surface area contributed by atoms with Crippen molar-refractivity contribution in [1.29, 1.82) is 0 Å². The fourth-order valence-electron chi connectivity index (χ4n) is 2.07. The number of aryl methyl sites for hydroxylation is 1. The van der Waals surface area contributed by atoms with E-state index in [1.54, 1.807) is 4.52 Å². The maximum absolute atomic E-state index is 6.09. The van der Waals surface area contributed by atoms with Crippen molar-refractivity contribution < 1.29 is 4.57 Å². The molecule has 0 atom stereocenters. The van der Waals surface area contributed by atoms with Crippen LogP contribution in [0.4, 0.5) is 5.69 Å². The highest BCUT2D eigenvalue weighted by Crippen LogP contribution is 2.44. The monoisotopic (exact) mass is 236 g/mol. The van der Waals surface area contributed by atoms with Crippen molar-refractivity contribution in [2.24, 2.45) is 17.3 Å². The van der Waals surface area contributed by atoms with Gasteiger partial charge >= 0.3 is 5.65 Å². The minimum absolute atomic E-state index is 0.348. The molecule has 0 unspecified atom stereocenters. The van der Waals surface area contributed by atoms with Gasteiger partial charge in [-0.3, -0.25) is 0 Å². The number of nitrogens with zero attached hydrogens (tertiary/aromatic N) is 5. The second-order valence-corrected chi connectivity index (χ2v) is 4.81. The van der Waals surface area contributed by atoms with E-state index in [0.29, 0.717) is 10.8 Å². The molecular weight excluding hydrogens is 226 g/mol. The van der Waals surface area contributed by atoms with Crippen LogP contribution in [0.2, 0.25) is 5.15 Å². The topological polar surface area (TPSA) is 45.9 Å². The highest BCUT2D eigenvalue weighted by Gasteiger charge is 2.38. The molecule has 3 heterocycles. The summed E-state index contributed by atoms with van der Waals surface area (Å²) in [5, 5.41) is 13.0. The average molecular weight is 237 g/mol. The van der Waals surface area contributed by atoms with Crippen molar-refractivity contribution in [3.8, 4) is 0 Å². The predicted octanol–water partition coefficient (Wildman–Crippen LogP) is 2.14. The summed E-state index contributed by atoms with van der Waals surface area (Å²) in [6.45, 7) is 4.04. The van der Waals surface area contributed by atoms with Gasteiger partial charge in [0.05, 0.1) is 7.05 Å². The Labute approximate surface area is 97.4 Å². The van der Waals surface area contributed by atoms with Crippen LogP contribution in [-0.4, -0.2) is 9.61 Å². The van der Waals surface area contributed by atoms with Crippen LogP contribution in [-0.2, 0) is 12.6 Å². The zero-order chi connectivity index (χ0) is 11.5. The Morgan fingerprint density at radius 1 is 1.44 bits per heavy atom. The number of hydrogen-bond acceptors (Lipinski definition) is 3. The fraction of sp³-hybridized carbons (Fsp3) is 0.400. The van der Waals surface area contributed by atoms with Crippen molar-refractivity contribution in [2.75, 3.05) is 0 Å². The largest absolute Gasteiger partial charge is 0.315 e. The minimum Gasteiger partial charge on any atom is -0.231 e. The van der Waals surface area contributed by atoms with Gasteiger partial charge in [-0.05, 0) is 13.8 Å². The van der Waals surface area contributed by atoms with Gasteiger partial charge in [-0.1, -0.05) is 21.2 Å². The summed E-state index contributed by atoms with van der Waals surface area (Å²) in [5.74, 6) is 0. The van der Waals surface area contributed by atoms with E-state index in [9.17, 15) is 0 Å². The van der Waals surface area contributed by atoms with Crippen molar-refractivity contribution in [2.45, 2.75) is 19.4 Å². The minimum atomic E-state index is -0.348. The maximum atomic E-state index is 6.09. The molecule has 82 valence electrons. The lowest BCUT2D eigenvalue weighted by molar-refractivity contribution is -0.644. The zero-order valence-corrected chi connectivity index (χ0v) is 10.0. The lowest BCUT2D eigenvalue weighted by atomic mass is 9.97. The SMILES string of the molecule is C[n+]1ccn2nc(Cl)c3c(c21)C(C)(C)N=N3. The van der Waals surface area contributed by atoms with Crippen LogP contribution >= 0.6 is 11.6 Å². The van der Waals surface area contributed by atoms with Gasteiger partial charge in [0.15, 0.2) is 6.20 Å². The van der Waals surface area contributed by atoms with E-state index in [2.05, 4.69) is 15.3 Å². The van der Waals surface area contributed by atoms with E-state index in [1.165, 1.54) is 0 Å². The van der Waals surface area contributed by atoms with Crippen molar-refractivity contribution in [3.63, 3.8) is 0 Å². The Kier molecular flexibility index (Phi) is 1.70. The first-order chi connectivity index (χ1) is 7.50. The first-order valence-electron chi connectivity index (χ1n) is 5.00. The summed E-state index contributed by atoms with van der Waals surface area (Å²) in [7, 11) is 1.97. The van der Waals surface area contributed by atoms with Gasteiger partial charge in [0.25, 0.3) is 0 Å². The summed E-state index contributed by atoms with van der Waals surface area (Å²) < 4.78 is 3.76. The van der Waals surface area contributed by atoms with Crippen molar-refractivity contribution in [3.05, 3.63) is 23.1 Å². The molecule has 2 aromatic rings. The number of fused-ring (bicyclic) bond motifs is 3. The quantitative estimate of drug-likeness (QED) is 0.647. The van der Waals surface area contributed by atoms with Gasteiger partial charge in [0, 0.05) is 0 Å². The van der Waals surface area contributed by atoms with Crippen LogP contribution in [0.1, 0.15) is 19.4 Å². The van der Waals surface area contributed by atoms with Crippen molar-refractivity contribution in [1.82, 2.24) is 9.61 Å². The fourth-order valence-corrected chi connectivity index (χ4v) is 2.28. The molecule has 0 saturated heterocycles. The molecule has 0 N–H and O–H groups in total. The van der Waals surface area contributed by atoms with E-state index >= 15 is 0 Å². The summed E-state index contributed by atoms with van der Waals surface area (Å²) in [6.07, 6.45) is 3.81. The van der Waals surface area contributed by atoms with Crippen LogP contribution in [0.25, 0.3) is 5.65 Å². The standard InChI is InChI=1S/C10H11ClN5/c1-10(2)6-7(12-14-10)8(11)13-16-5-4-15(3)9(6)16/h4-5H,1-3H3/q+1. The first kappa shape index (κ1) is 9.72. The number of hydrogen-bond donors (Lipinski definition) is 0. The molecule has 2 aromatic heterocycles. The Balaban J connectivity index is 2.53. The van der Waals surface area contributed by atoms with Crippen molar-refractivity contribution >= 4 is 22.9 Å². The van der Waals surface area contributed by atoms with E-state index in [-0.39, 0.29) is 5.54 Å². The molecule has 0 fully saturated rings. The zero-order valence-electron chi connectivity index (χ0n) is 9.27. The van der Waals surface area contributed by atoms with Crippen LogP contribution in [0.5, 0.6) is 0 Å². The second kappa shape index (κ2) is 2.79. The highest BCUT2D eigenvalue weighted by atomic mass is 35.5. The number of rotatable bonds is 0. The smallest absolute Gasteiger partial charge is 0.231 e. The number of halogens is 1. The molecule has 0 aliphatic carbocycles. The third kappa shape index (κ3) is 1.06. The summed E-state index contributed by atoms with van der Waals surface area (Å²) in [5.41, 5.74) is 2.35. The Morgan fingerprint density at radius 2 is 2.19 bits per heavy atom. The molecule has 0 aromatic carbocycles. The number of azo groups is 1. The molecule has 0 saturated carbocycles. The molecule has 1 aliphatic heterocycles. The van der Waals surface area contributed by atoms with Crippen LogP contribution < -0.4 is 4.57 Å². The molecule has 5 nitrogen and oxygen atoms in total. The molecular formula is C10H11ClN5+. The Hall–Kier alpha value is -1.49. The molecule has 0 bridgehead atoms. The lowest BCUT2D eigenvalue weighted by Gasteiger charge is -2.12. The lowest BCUT2D eigenvalue weighted by Crippen LogP contribution is -2.29. The van der Waals surface area contributed by atoms with Crippen LogP contribution in [0.15, 0.2) is 22.6 Å². The van der Waals surface area contributed by atoms with Crippen LogP contribution in [0.3, 0.4) is 0 Å². The summed E-state index contributed by atoms with van der Waals surface area (Å²) in [6, 6.07) is 0. The van der Waals surface area contributed by atoms with E-state index in [4.69, 9.17) is 11.6 Å². The third-order valence-corrected chi connectivity index (χ3v) is 3.10. The molecule has 0 spiro atoms. The molecule has 6 heteroatoms. The van der Waals surface area contributed by atoms with Crippen LogP contribution in [0, 0.1) is 0 Å². The normalized spacial score (nSPS) is 17.0. The van der Waals surface area contributed by atoms with Gasteiger partial charge in [0.1, 0.15) is 23.0 Å². The third-order valence-electron chi connectivity index (χ3n) is 2.85. The molecule has 3 rings (SSSR count). The highest BCUT2D eigenvalue weighted by molar-refractivity contribution is 6.32. The Bertz CT molecular complexity index is 626. The summed E-state index contributed by atoms with van der Waals surface area (Å²) >= 11 is 6.09. The Morgan fingerprint density at radius 3 is 2.94 bits per heavy atom. The average Bonchev–Trinajstić information content (AvgIpc) is 2.69. The van der Waals surface area contributed by atoms with Gasteiger partial charge < -0.3 is 0 Å². The predicted molar refractivity (Wildman–Crippen MR) is 58.9 cm³/mol. The molecule has 16 heavy (non-hydrogen) atoms. The molecule has 1 aliphatic rings. The van der Waals surface area contributed by atoms with Gasteiger partial charge in [0.2, 0.25) is 5.15 Å². The van der Waals surface area contributed by atoms with E-state index in [1.807, 2.05) is 37.9 Å². The van der Waals surface area contributed by atoms with E-state index < -0.39 is 0 Å². The first-order valence-corrected chi connectivity index (χ1v) is 5.38. The summed E-state index contributed by atoms with van der Waals surface area (Å²) in [4.78, 5) is 0. The number of aromatic nitrogens is 3.